The van der Waals surface area contributed by atoms with Crippen molar-refractivity contribution >= 4 is 18.0 Å². The second-order valence-corrected chi connectivity index (χ2v) is 10.1. The smallest absolute Gasteiger partial charge is 0.407 e. The zero-order valence-electron chi connectivity index (χ0n) is 19.7. The number of rotatable bonds is 9. The quantitative estimate of drug-likeness (QED) is 0.496. The summed E-state index contributed by atoms with van der Waals surface area (Å²) < 4.78 is 5.67. The number of carbonyl (C=O) groups excluding carboxylic acids is 2. The predicted octanol–water partition coefficient (Wildman–Crippen LogP) is 4.45. The van der Waals surface area contributed by atoms with Crippen molar-refractivity contribution in [1.29, 1.82) is 0 Å². The first-order valence-corrected chi connectivity index (χ1v) is 12.6. The SMILES string of the molecule is O=C(C[C@@H]1CCC[C@H]1NC(=O)OCC1c2ccccc2-c2ccccc21)NC(CC1CC1)C(=O)O. The molecule has 0 radical (unpaired) electrons. The van der Waals surface area contributed by atoms with E-state index in [2.05, 4.69) is 34.9 Å². The van der Waals surface area contributed by atoms with Gasteiger partial charge in [-0.3, -0.25) is 4.79 Å². The summed E-state index contributed by atoms with van der Waals surface area (Å²) in [5.74, 6) is -0.858. The van der Waals surface area contributed by atoms with Crippen LogP contribution in [0, 0.1) is 11.8 Å². The van der Waals surface area contributed by atoms with Crippen molar-refractivity contribution in [2.75, 3.05) is 6.61 Å². The summed E-state index contributed by atoms with van der Waals surface area (Å²) in [4.78, 5) is 36.7. The number of hydrogen-bond acceptors (Lipinski definition) is 4. The summed E-state index contributed by atoms with van der Waals surface area (Å²) in [7, 11) is 0. The predicted molar refractivity (Wildman–Crippen MR) is 131 cm³/mol. The van der Waals surface area contributed by atoms with E-state index in [-0.39, 0.29) is 36.8 Å². The molecule has 3 aliphatic carbocycles. The summed E-state index contributed by atoms with van der Waals surface area (Å²) in [5, 5.41) is 15.1. The number of nitrogens with one attached hydrogen (secondary N) is 2. The first-order chi connectivity index (χ1) is 17.0. The van der Waals surface area contributed by atoms with E-state index in [9.17, 15) is 19.5 Å². The highest BCUT2D eigenvalue weighted by atomic mass is 16.5. The lowest BCUT2D eigenvalue weighted by Gasteiger charge is -2.22. The monoisotopic (exact) mass is 476 g/mol. The lowest BCUT2D eigenvalue weighted by molar-refractivity contribution is -0.142. The summed E-state index contributed by atoms with van der Waals surface area (Å²) >= 11 is 0. The first-order valence-electron chi connectivity index (χ1n) is 12.6. The number of amides is 2. The van der Waals surface area contributed by atoms with Gasteiger partial charge in [-0.05, 0) is 53.4 Å². The van der Waals surface area contributed by atoms with Crippen molar-refractivity contribution in [2.45, 2.75) is 62.9 Å². The number of aliphatic carboxylic acids is 1. The summed E-state index contributed by atoms with van der Waals surface area (Å²) in [6.45, 7) is 0.249. The van der Waals surface area contributed by atoms with E-state index < -0.39 is 18.1 Å². The molecule has 0 aliphatic heterocycles. The average Bonchev–Trinajstić information content (AvgIpc) is 3.48. The molecule has 5 rings (SSSR count). The molecule has 184 valence electrons. The summed E-state index contributed by atoms with van der Waals surface area (Å²) in [6, 6.07) is 15.4. The molecule has 2 amide bonds. The van der Waals surface area contributed by atoms with Gasteiger partial charge >= 0.3 is 12.1 Å². The second-order valence-electron chi connectivity index (χ2n) is 10.1. The minimum absolute atomic E-state index is 0.00211. The third-order valence-electron chi connectivity index (χ3n) is 7.65. The van der Waals surface area contributed by atoms with Crippen LogP contribution in [0.15, 0.2) is 48.5 Å². The van der Waals surface area contributed by atoms with Crippen LogP contribution < -0.4 is 10.6 Å². The molecular formula is C28H32N2O5. The lowest BCUT2D eigenvalue weighted by atomic mass is 9.98. The zero-order chi connectivity index (χ0) is 24.4. The Kier molecular flexibility index (Phi) is 6.75. The number of ether oxygens (including phenoxy) is 1. The fraction of sp³-hybridized carbons (Fsp3) is 0.464. The van der Waals surface area contributed by atoms with Gasteiger partial charge in [0.05, 0.1) is 0 Å². The Morgan fingerprint density at radius 2 is 1.60 bits per heavy atom. The van der Waals surface area contributed by atoms with Gasteiger partial charge in [-0.25, -0.2) is 9.59 Å². The van der Waals surface area contributed by atoms with E-state index in [0.29, 0.717) is 12.3 Å². The average molecular weight is 477 g/mol. The van der Waals surface area contributed by atoms with Gasteiger partial charge in [0.1, 0.15) is 12.6 Å². The normalized spacial score (nSPS) is 21.6. The number of carboxylic acids is 1. The van der Waals surface area contributed by atoms with Crippen molar-refractivity contribution in [3.8, 4) is 11.1 Å². The lowest BCUT2D eigenvalue weighted by Crippen LogP contribution is -2.44. The van der Waals surface area contributed by atoms with Gasteiger partial charge in [0.25, 0.3) is 0 Å². The van der Waals surface area contributed by atoms with Crippen molar-refractivity contribution in [3.63, 3.8) is 0 Å². The van der Waals surface area contributed by atoms with E-state index in [1.807, 2.05) is 24.3 Å². The van der Waals surface area contributed by atoms with Crippen LogP contribution >= 0.6 is 0 Å². The molecule has 0 saturated heterocycles. The second kappa shape index (κ2) is 10.1. The molecule has 3 aliphatic rings. The number of carboxylic acid groups (broad SMARTS) is 1. The van der Waals surface area contributed by atoms with Gasteiger partial charge in [0.2, 0.25) is 5.91 Å². The Morgan fingerprint density at radius 3 is 2.23 bits per heavy atom. The van der Waals surface area contributed by atoms with E-state index in [1.54, 1.807) is 0 Å². The molecule has 2 fully saturated rings. The van der Waals surface area contributed by atoms with Crippen molar-refractivity contribution < 1.29 is 24.2 Å². The zero-order valence-corrected chi connectivity index (χ0v) is 19.7. The van der Waals surface area contributed by atoms with Crippen LogP contribution in [-0.4, -0.2) is 41.8 Å². The third-order valence-corrected chi connectivity index (χ3v) is 7.65. The van der Waals surface area contributed by atoms with Gasteiger partial charge < -0.3 is 20.5 Å². The molecule has 0 aromatic heterocycles. The molecule has 0 spiro atoms. The van der Waals surface area contributed by atoms with E-state index in [0.717, 1.165) is 43.2 Å². The number of benzene rings is 2. The molecule has 3 atom stereocenters. The molecule has 2 aromatic carbocycles. The molecular weight excluding hydrogens is 444 g/mol. The van der Waals surface area contributed by atoms with Crippen molar-refractivity contribution in [3.05, 3.63) is 59.7 Å². The van der Waals surface area contributed by atoms with Crippen LogP contribution in [0.3, 0.4) is 0 Å². The fourth-order valence-corrected chi connectivity index (χ4v) is 5.66. The largest absolute Gasteiger partial charge is 0.480 e. The van der Waals surface area contributed by atoms with Crippen LogP contribution in [-0.2, 0) is 14.3 Å². The maximum Gasteiger partial charge on any atom is 0.407 e. The molecule has 0 heterocycles. The van der Waals surface area contributed by atoms with Crippen molar-refractivity contribution in [2.24, 2.45) is 11.8 Å². The Morgan fingerprint density at radius 1 is 0.943 bits per heavy atom. The minimum atomic E-state index is -0.981. The van der Waals surface area contributed by atoms with Crippen LogP contribution in [0.2, 0.25) is 0 Å². The first kappa shape index (κ1) is 23.4. The van der Waals surface area contributed by atoms with Crippen LogP contribution in [0.5, 0.6) is 0 Å². The Hall–Kier alpha value is -3.35. The highest BCUT2D eigenvalue weighted by molar-refractivity contribution is 5.84. The standard InChI is InChI=1S/C28H32N2O5/c31-26(29-25(27(32)33)14-17-12-13-17)15-18-6-5-11-24(18)30-28(34)35-16-23-21-9-3-1-7-19(21)20-8-2-4-10-22(20)23/h1-4,7-10,17-18,23-25H,5-6,11-16H2,(H,29,31)(H,30,34)(H,32,33)/t18-,24+,25?/m0/s1. The van der Waals surface area contributed by atoms with E-state index >= 15 is 0 Å². The molecule has 7 heteroatoms. The van der Waals surface area contributed by atoms with Crippen LogP contribution in [0.1, 0.15) is 62.0 Å². The number of carbonyl (C=O) groups is 3. The van der Waals surface area contributed by atoms with Crippen molar-refractivity contribution in [1.82, 2.24) is 10.6 Å². The molecule has 2 saturated carbocycles. The van der Waals surface area contributed by atoms with Crippen LogP contribution in [0.25, 0.3) is 11.1 Å². The maximum absolute atomic E-state index is 12.7. The fourth-order valence-electron chi connectivity index (χ4n) is 5.66. The van der Waals surface area contributed by atoms with Gasteiger partial charge in [-0.15, -0.1) is 0 Å². The molecule has 7 nitrogen and oxygen atoms in total. The Bertz CT molecular complexity index is 1070. The maximum atomic E-state index is 12.7. The van der Waals surface area contributed by atoms with E-state index in [1.165, 1.54) is 11.1 Å². The number of alkyl carbamates (subject to hydrolysis) is 1. The number of hydrogen-bond donors (Lipinski definition) is 3. The Labute approximate surface area is 205 Å². The Balaban J connectivity index is 1.14. The van der Waals surface area contributed by atoms with Gasteiger partial charge in [-0.1, -0.05) is 67.8 Å². The summed E-state index contributed by atoms with van der Waals surface area (Å²) in [5.41, 5.74) is 4.69. The van der Waals surface area contributed by atoms with Gasteiger partial charge in [0.15, 0.2) is 0 Å². The van der Waals surface area contributed by atoms with Gasteiger partial charge in [0, 0.05) is 18.4 Å². The van der Waals surface area contributed by atoms with Gasteiger partial charge in [-0.2, -0.15) is 0 Å². The molecule has 1 unspecified atom stereocenters. The highest BCUT2D eigenvalue weighted by Gasteiger charge is 2.34. The number of fused-ring (bicyclic) bond motifs is 3. The van der Waals surface area contributed by atoms with E-state index in [4.69, 9.17) is 4.74 Å². The van der Waals surface area contributed by atoms with Crippen LogP contribution in [0.4, 0.5) is 4.79 Å². The molecule has 2 aromatic rings. The topological polar surface area (TPSA) is 105 Å². The molecule has 0 bridgehead atoms. The minimum Gasteiger partial charge on any atom is -0.480 e. The molecule has 35 heavy (non-hydrogen) atoms. The highest BCUT2D eigenvalue weighted by Crippen LogP contribution is 2.44. The summed E-state index contributed by atoms with van der Waals surface area (Å²) in [6.07, 6.45) is 4.82. The molecule has 3 N–H and O–H groups in total. The third kappa shape index (κ3) is 5.34.